The lowest BCUT2D eigenvalue weighted by atomic mass is 10.3. The van der Waals surface area contributed by atoms with E-state index in [2.05, 4.69) is 39.9 Å². The molecule has 0 aromatic carbocycles. The molecular formula is C13H20N4S. The fraction of sp³-hybridized carbons (Fsp3) is 0.538. The third-order valence-electron chi connectivity index (χ3n) is 2.89. The fourth-order valence-corrected chi connectivity index (χ4v) is 2.57. The van der Waals surface area contributed by atoms with Gasteiger partial charge in [-0.15, -0.1) is 11.3 Å². The molecule has 0 saturated heterocycles. The number of rotatable bonds is 6. The van der Waals surface area contributed by atoms with Crippen LogP contribution in [0.1, 0.15) is 43.4 Å². The maximum atomic E-state index is 4.54. The lowest BCUT2D eigenvalue weighted by Crippen LogP contribution is -2.12. The van der Waals surface area contributed by atoms with E-state index in [-0.39, 0.29) is 6.04 Å². The van der Waals surface area contributed by atoms with Gasteiger partial charge in [0.25, 0.3) is 0 Å². The fourth-order valence-electron chi connectivity index (χ4n) is 1.88. The zero-order valence-electron chi connectivity index (χ0n) is 11.2. The second-order valence-corrected chi connectivity index (χ2v) is 5.37. The third kappa shape index (κ3) is 2.90. The van der Waals surface area contributed by atoms with Crippen LogP contribution < -0.4 is 5.32 Å². The van der Waals surface area contributed by atoms with Crippen molar-refractivity contribution >= 4 is 17.3 Å². The number of aromatic nitrogens is 3. The van der Waals surface area contributed by atoms with Crippen molar-refractivity contribution in [2.24, 2.45) is 0 Å². The van der Waals surface area contributed by atoms with Gasteiger partial charge in [-0.25, -0.2) is 9.97 Å². The SMILES string of the molecule is CCCCNc1nc(C)cn1C(C)c1nccs1. The van der Waals surface area contributed by atoms with E-state index in [0.717, 1.165) is 29.6 Å². The molecule has 0 radical (unpaired) electrons. The number of nitrogens with zero attached hydrogens (tertiary/aromatic N) is 3. The van der Waals surface area contributed by atoms with Crippen molar-refractivity contribution in [2.75, 3.05) is 11.9 Å². The van der Waals surface area contributed by atoms with Crippen LogP contribution in [0.3, 0.4) is 0 Å². The zero-order chi connectivity index (χ0) is 13.0. The van der Waals surface area contributed by atoms with Crippen molar-refractivity contribution in [1.82, 2.24) is 14.5 Å². The highest BCUT2D eigenvalue weighted by Gasteiger charge is 2.15. The van der Waals surface area contributed by atoms with Crippen LogP contribution in [0.25, 0.3) is 0 Å². The van der Waals surface area contributed by atoms with E-state index < -0.39 is 0 Å². The first kappa shape index (κ1) is 13.1. The summed E-state index contributed by atoms with van der Waals surface area (Å²) >= 11 is 1.68. The molecule has 2 aromatic heterocycles. The molecule has 0 amide bonds. The number of nitrogens with one attached hydrogen (secondary N) is 1. The first-order valence-electron chi connectivity index (χ1n) is 6.41. The normalized spacial score (nSPS) is 12.6. The summed E-state index contributed by atoms with van der Waals surface area (Å²) in [6.45, 7) is 7.34. The van der Waals surface area contributed by atoms with Crippen molar-refractivity contribution in [3.63, 3.8) is 0 Å². The van der Waals surface area contributed by atoms with Crippen LogP contribution in [0.2, 0.25) is 0 Å². The zero-order valence-corrected chi connectivity index (χ0v) is 12.0. The van der Waals surface area contributed by atoms with Crippen LogP contribution in [0.5, 0.6) is 0 Å². The third-order valence-corrected chi connectivity index (χ3v) is 3.84. The van der Waals surface area contributed by atoms with E-state index in [4.69, 9.17) is 0 Å². The van der Waals surface area contributed by atoms with Gasteiger partial charge < -0.3 is 9.88 Å². The maximum Gasteiger partial charge on any atom is 0.203 e. The molecule has 2 rings (SSSR count). The number of hydrogen-bond donors (Lipinski definition) is 1. The summed E-state index contributed by atoms with van der Waals surface area (Å²) in [4.78, 5) is 8.92. The lowest BCUT2D eigenvalue weighted by molar-refractivity contribution is 0.636. The van der Waals surface area contributed by atoms with Crippen molar-refractivity contribution in [2.45, 2.75) is 39.7 Å². The number of unbranched alkanes of at least 4 members (excludes halogenated alkanes) is 1. The van der Waals surface area contributed by atoms with E-state index in [1.165, 1.54) is 6.42 Å². The molecule has 0 fully saturated rings. The molecule has 2 aromatic rings. The van der Waals surface area contributed by atoms with Gasteiger partial charge in [-0.3, -0.25) is 0 Å². The monoisotopic (exact) mass is 264 g/mol. The van der Waals surface area contributed by atoms with Crippen LogP contribution >= 0.6 is 11.3 Å². The van der Waals surface area contributed by atoms with Crippen molar-refractivity contribution in [1.29, 1.82) is 0 Å². The Balaban J connectivity index is 2.16. The minimum absolute atomic E-state index is 0.232. The summed E-state index contributed by atoms with van der Waals surface area (Å²) in [6.07, 6.45) is 6.29. The Bertz CT molecular complexity index is 475. The largest absolute Gasteiger partial charge is 0.356 e. The first-order valence-corrected chi connectivity index (χ1v) is 7.29. The number of anilines is 1. The summed E-state index contributed by atoms with van der Waals surface area (Å²) < 4.78 is 2.17. The summed E-state index contributed by atoms with van der Waals surface area (Å²) in [7, 11) is 0. The van der Waals surface area contributed by atoms with Crippen LogP contribution in [-0.2, 0) is 0 Å². The molecule has 0 bridgehead atoms. The Morgan fingerprint density at radius 2 is 2.33 bits per heavy atom. The minimum atomic E-state index is 0.232. The van der Waals surface area contributed by atoms with Gasteiger partial charge in [0.05, 0.1) is 11.7 Å². The molecule has 4 nitrogen and oxygen atoms in total. The van der Waals surface area contributed by atoms with Gasteiger partial charge in [0.2, 0.25) is 5.95 Å². The molecule has 0 saturated carbocycles. The van der Waals surface area contributed by atoms with Crippen LogP contribution in [-0.4, -0.2) is 21.1 Å². The van der Waals surface area contributed by atoms with E-state index in [1.807, 2.05) is 18.5 Å². The molecule has 98 valence electrons. The number of thiazole rings is 1. The van der Waals surface area contributed by atoms with Gasteiger partial charge in [-0.1, -0.05) is 13.3 Å². The van der Waals surface area contributed by atoms with Gasteiger partial charge in [-0.05, 0) is 20.3 Å². The van der Waals surface area contributed by atoms with Gasteiger partial charge in [0.1, 0.15) is 5.01 Å². The Morgan fingerprint density at radius 1 is 1.50 bits per heavy atom. The maximum absolute atomic E-state index is 4.54. The van der Waals surface area contributed by atoms with Crippen molar-refractivity contribution in [3.8, 4) is 0 Å². The molecule has 5 heteroatoms. The van der Waals surface area contributed by atoms with Gasteiger partial charge >= 0.3 is 0 Å². The van der Waals surface area contributed by atoms with Crippen LogP contribution in [0, 0.1) is 6.92 Å². The predicted molar refractivity (Wildman–Crippen MR) is 76.3 cm³/mol. The number of hydrogen-bond acceptors (Lipinski definition) is 4. The van der Waals surface area contributed by atoms with E-state index in [0.29, 0.717) is 0 Å². The lowest BCUT2D eigenvalue weighted by Gasteiger charge is -2.14. The molecular weight excluding hydrogens is 244 g/mol. The highest BCUT2D eigenvalue weighted by atomic mass is 32.1. The molecule has 1 N–H and O–H groups in total. The van der Waals surface area contributed by atoms with Crippen molar-refractivity contribution < 1.29 is 0 Å². The van der Waals surface area contributed by atoms with Crippen LogP contribution in [0.15, 0.2) is 17.8 Å². The standard InChI is InChI=1S/C13H20N4S/c1-4-5-6-15-13-16-10(2)9-17(13)11(3)12-14-7-8-18-12/h7-9,11H,4-6H2,1-3H3,(H,15,16). The molecule has 0 spiro atoms. The second kappa shape index (κ2) is 6.00. The van der Waals surface area contributed by atoms with E-state index >= 15 is 0 Å². The Morgan fingerprint density at radius 3 is 3.00 bits per heavy atom. The highest BCUT2D eigenvalue weighted by Crippen LogP contribution is 2.24. The Kier molecular flexibility index (Phi) is 4.36. The predicted octanol–water partition coefficient (Wildman–Crippen LogP) is 3.47. The van der Waals surface area contributed by atoms with Gasteiger partial charge in [-0.2, -0.15) is 0 Å². The molecule has 0 aliphatic heterocycles. The van der Waals surface area contributed by atoms with Gasteiger partial charge in [0, 0.05) is 24.3 Å². The summed E-state index contributed by atoms with van der Waals surface area (Å²) in [5.41, 5.74) is 1.04. The smallest absolute Gasteiger partial charge is 0.203 e. The Labute approximate surface area is 112 Å². The summed E-state index contributed by atoms with van der Waals surface area (Å²) in [5.74, 6) is 0.948. The molecule has 0 aliphatic rings. The number of aryl methyl sites for hydroxylation is 1. The average molecular weight is 264 g/mol. The summed E-state index contributed by atoms with van der Waals surface area (Å²) in [6, 6.07) is 0.232. The number of imidazole rings is 1. The molecule has 18 heavy (non-hydrogen) atoms. The minimum Gasteiger partial charge on any atom is -0.356 e. The molecule has 1 atom stereocenters. The molecule has 2 heterocycles. The molecule has 1 unspecified atom stereocenters. The van der Waals surface area contributed by atoms with Crippen LogP contribution in [0.4, 0.5) is 5.95 Å². The molecule has 0 aliphatic carbocycles. The summed E-state index contributed by atoms with van der Waals surface area (Å²) in [5, 5.41) is 6.54. The second-order valence-electron chi connectivity index (χ2n) is 4.44. The van der Waals surface area contributed by atoms with Crippen molar-refractivity contribution in [3.05, 3.63) is 28.5 Å². The van der Waals surface area contributed by atoms with Gasteiger partial charge in [0.15, 0.2) is 0 Å². The Hall–Kier alpha value is -1.36. The van der Waals surface area contributed by atoms with E-state index in [1.54, 1.807) is 11.3 Å². The first-order chi connectivity index (χ1) is 8.72. The topological polar surface area (TPSA) is 42.7 Å². The quantitative estimate of drug-likeness (QED) is 0.812. The average Bonchev–Trinajstić information content (AvgIpc) is 2.98. The van der Waals surface area contributed by atoms with E-state index in [9.17, 15) is 0 Å². The highest BCUT2D eigenvalue weighted by molar-refractivity contribution is 7.09.